The van der Waals surface area contributed by atoms with Crippen molar-refractivity contribution >= 4 is 21.6 Å². The molecular weight excluding hydrogens is 266 g/mol. The summed E-state index contributed by atoms with van der Waals surface area (Å²) in [7, 11) is 0. The van der Waals surface area contributed by atoms with Crippen LogP contribution in [0.25, 0.3) is 0 Å². The fraction of sp³-hybridized carbons (Fsp3) is 0.583. The molecule has 1 aromatic heterocycles. The van der Waals surface area contributed by atoms with Gasteiger partial charge in [0.1, 0.15) is 0 Å². The van der Waals surface area contributed by atoms with Crippen LogP contribution < -0.4 is 4.90 Å². The SMILES string of the molecule is BrCCN1CCCN(c2ccncc2)CC1. The summed E-state index contributed by atoms with van der Waals surface area (Å²) in [5.74, 6) is 0. The molecule has 1 saturated heterocycles. The molecule has 1 aliphatic heterocycles. The number of halogens is 1. The first kappa shape index (κ1) is 11.9. The quantitative estimate of drug-likeness (QED) is 0.791. The maximum atomic E-state index is 4.06. The van der Waals surface area contributed by atoms with E-state index in [9.17, 15) is 0 Å². The minimum atomic E-state index is 1.07. The molecule has 0 aromatic carbocycles. The molecule has 1 aliphatic rings. The summed E-state index contributed by atoms with van der Waals surface area (Å²) in [6.07, 6.45) is 4.99. The van der Waals surface area contributed by atoms with Crippen molar-refractivity contribution in [2.75, 3.05) is 43.0 Å². The van der Waals surface area contributed by atoms with Gasteiger partial charge in [-0.15, -0.1) is 0 Å². The average molecular weight is 284 g/mol. The number of alkyl halides is 1. The summed E-state index contributed by atoms with van der Waals surface area (Å²) in [6.45, 7) is 5.81. The third-order valence-electron chi connectivity index (χ3n) is 3.02. The molecule has 4 heteroatoms. The Labute approximate surface area is 106 Å². The lowest BCUT2D eigenvalue weighted by Crippen LogP contribution is -2.31. The largest absolute Gasteiger partial charge is 0.370 e. The van der Waals surface area contributed by atoms with E-state index in [4.69, 9.17) is 0 Å². The minimum Gasteiger partial charge on any atom is -0.370 e. The molecule has 3 nitrogen and oxygen atoms in total. The highest BCUT2D eigenvalue weighted by Gasteiger charge is 2.14. The van der Waals surface area contributed by atoms with Gasteiger partial charge < -0.3 is 9.80 Å². The van der Waals surface area contributed by atoms with Crippen molar-refractivity contribution in [3.63, 3.8) is 0 Å². The predicted octanol–water partition coefficient (Wildman–Crippen LogP) is 1.99. The molecule has 88 valence electrons. The number of aromatic nitrogens is 1. The van der Waals surface area contributed by atoms with Crippen molar-refractivity contribution in [2.45, 2.75) is 6.42 Å². The van der Waals surface area contributed by atoms with E-state index in [0.29, 0.717) is 0 Å². The molecule has 16 heavy (non-hydrogen) atoms. The van der Waals surface area contributed by atoms with Gasteiger partial charge in [-0.3, -0.25) is 4.98 Å². The summed E-state index contributed by atoms with van der Waals surface area (Å²) in [5.41, 5.74) is 1.30. The molecule has 0 N–H and O–H groups in total. The topological polar surface area (TPSA) is 19.4 Å². The van der Waals surface area contributed by atoms with Gasteiger partial charge in [0.2, 0.25) is 0 Å². The molecule has 0 radical (unpaired) electrons. The monoisotopic (exact) mass is 283 g/mol. The summed E-state index contributed by atoms with van der Waals surface area (Å²) in [6, 6.07) is 4.19. The van der Waals surface area contributed by atoms with E-state index >= 15 is 0 Å². The van der Waals surface area contributed by atoms with E-state index in [1.54, 1.807) is 0 Å². The van der Waals surface area contributed by atoms with Crippen LogP contribution in [0.1, 0.15) is 6.42 Å². The summed E-state index contributed by atoms with van der Waals surface area (Å²) >= 11 is 3.51. The molecule has 2 heterocycles. The van der Waals surface area contributed by atoms with Crippen LogP contribution in [0, 0.1) is 0 Å². The fourth-order valence-electron chi connectivity index (χ4n) is 2.13. The van der Waals surface area contributed by atoms with Crippen LogP contribution in [-0.4, -0.2) is 47.9 Å². The van der Waals surface area contributed by atoms with Gasteiger partial charge in [0.25, 0.3) is 0 Å². The Morgan fingerprint density at radius 1 is 1.12 bits per heavy atom. The second-order valence-corrected chi connectivity index (χ2v) is 4.87. The Bertz CT molecular complexity index is 304. The molecular formula is C12H18BrN3. The maximum absolute atomic E-state index is 4.06. The Balaban J connectivity index is 1.94. The van der Waals surface area contributed by atoms with Crippen molar-refractivity contribution < 1.29 is 0 Å². The fourth-order valence-corrected chi connectivity index (χ4v) is 2.63. The lowest BCUT2D eigenvalue weighted by Gasteiger charge is -2.23. The van der Waals surface area contributed by atoms with Crippen molar-refractivity contribution in [3.05, 3.63) is 24.5 Å². The Morgan fingerprint density at radius 2 is 1.94 bits per heavy atom. The number of nitrogens with zero attached hydrogens (tertiary/aromatic N) is 3. The Morgan fingerprint density at radius 3 is 2.69 bits per heavy atom. The van der Waals surface area contributed by atoms with Gasteiger partial charge in [0, 0.05) is 49.6 Å². The predicted molar refractivity (Wildman–Crippen MR) is 71.3 cm³/mol. The lowest BCUT2D eigenvalue weighted by molar-refractivity contribution is 0.313. The van der Waals surface area contributed by atoms with Gasteiger partial charge in [-0.25, -0.2) is 0 Å². The van der Waals surface area contributed by atoms with Crippen molar-refractivity contribution in [1.29, 1.82) is 0 Å². The lowest BCUT2D eigenvalue weighted by atomic mass is 10.3. The number of hydrogen-bond acceptors (Lipinski definition) is 3. The molecule has 1 fully saturated rings. The normalized spacial score (nSPS) is 18.4. The zero-order chi connectivity index (χ0) is 11.2. The van der Waals surface area contributed by atoms with Crippen LogP contribution >= 0.6 is 15.9 Å². The number of pyridine rings is 1. The first-order valence-corrected chi connectivity index (χ1v) is 6.95. The van der Waals surface area contributed by atoms with Crippen LogP contribution in [0.5, 0.6) is 0 Å². The van der Waals surface area contributed by atoms with Crippen molar-refractivity contribution in [2.24, 2.45) is 0 Å². The molecule has 0 bridgehead atoms. The molecule has 0 unspecified atom stereocenters. The van der Waals surface area contributed by atoms with Gasteiger partial charge in [0.05, 0.1) is 0 Å². The number of anilines is 1. The zero-order valence-electron chi connectivity index (χ0n) is 9.48. The van der Waals surface area contributed by atoms with Crippen LogP contribution in [0.3, 0.4) is 0 Å². The maximum Gasteiger partial charge on any atom is 0.0397 e. The Kier molecular flexibility index (Phi) is 4.60. The van der Waals surface area contributed by atoms with Gasteiger partial charge in [-0.05, 0) is 25.1 Å². The van der Waals surface area contributed by atoms with E-state index in [2.05, 4.69) is 42.8 Å². The first-order chi connectivity index (χ1) is 7.90. The third kappa shape index (κ3) is 3.19. The first-order valence-electron chi connectivity index (χ1n) is 5.83. The zero-order valence-corrected chi connectivity index (χ0v) is 11.1. The molecule has 0 amide bonds. The molecule has 0 spiro atoms. The summed E-state index contributed by atoms with van der Waals surface area (Å²) in [4.78, 5) is 9.04. The highest BCUT2D eigenvalue weighted by atomic mass is 79.9. The second kappa shape index (κ2) is 6.21. The standard InChI is InChI=1S/C12H18BrN3/c13-4-9-15-7-1-8-16(11-10-15)12-2-5-14-6-3-12/h2-3,5-6H,1,4,7-11H2. The van der Waals surface area contributed by atoms with Crippen molar-refractivity contribution in [3.8, 4) is 0 Å². The van der Waals surface area contributed by atoms with Gasteiger partial charge in [0.15, 0.2) is 0 Å². The van der Waals surface area contributed by atoms with Gasteiger partial charge in [-0.1, -0.05) is 15.9 Å². The van der Waals surface area contributed by atoms with E-state index in [0.717, 1.165) is 31.5 Å². The second-order valence-electron chi connectivity index (χ2n) is 4.08. The van der Waals surface area contributed by atoms with Crippen LogP contribution in [0.15, 0.2) is 24.5 Å². The van der Waals surface area contributed by atoms with E-state index in [1.807, 2.05) is 12.4 Å². The summed E-state index contributed by atoms with van der Waals surface area (Å²) < 4.78 is 0. The van der Waals surface area contributed by atoms with E-state index in [-0.39, 0.29) is 0 Å². The smallest absolute Gasteiger partial charge is 0.0397 e. The molecule has 0 aliphatic carbocycles. The van der Waals surface area contributed by atoms with Gasteiger partial charge in [-0.2, -0.15) is 0 Å². The highest BCUT2D eigenvalue weighted by Crippen LogP contribution is 2.14. The Hall–Kier alpha value is -0.610. The number of rotatable bonds is 3. The minimum absolute atomic E-state index is 1.07. The molecule has 2 rings (SSSR count). The van der Waals surface area contributed by atoms with E-state index < -0.39 is 0 Å². The van der Waals surface area contributed by atoms with Crippen LogP contribution in [-0.2, 0) is 0 Å². The van der Waals surface area contributed by atoms with E-state index in [1.165, 1.54) is 18.7 Å². The van der Waals surface area contributed by atoms with Gasteiger partial charge >= 0.3 is 0 Å². The van der Waals surface area contributed by atoms with Crippen LogP contribution in [0.2, 0.25) is 0 Å². The third-order valence-corrected chi connectivity index (χ3v) is 3.37. The molecule has 0 atom stereocenters. The van der Waals surface area contributed by atoms with Crippen molar-refractivity contribution in [1.82, 2.24) is 9.88 Å². The molecule has 1 aromatic rings. The highest BCUT2D eigenvalue weighted by molar-refractivity contribution is 9.09. The van der Waals surface area contributed by atoms with Crippen LogP contribution in [0.4, 0.5) is 5.69 Å². The number of hydrogen-bond donors (Lipinski definition) is 0. The summed E-state index contributed by atoms with van der Waals surface area (Å²) in [5, 5.41) is 1.07. The molecule has 0 saturated carbocycles. The average Bonchev–Trinajstić information content (AvgIpc) is 2.57.